The number of ether oxygens (including phenoxy) is 1. The van der Waals surface area contributed by atoms with Crippen LogP contribution in [0.3, 0.4) is 0 Å². The number of anilines is 2. The van der Waals surface area contributed by atoms with Gasteiger partial charge in [-0.3, -0.25) is 15.0 Å². The lowest BCUT2D eigenvalue weighted by molar-refractivity contribution is 0.101. The number of nitrogen functional groups attached to an aromatic ring is 1. The minimum absolute atomic E-state index is 0. The highest BCUT2D eigenvalue weighted by Gasteiger charge is 2.13. The smallest absolute Gasteiger partial charge is 0.255 e. The predicted octanol–water partition coefficient (Wildman–Crippen LogP) is 3.91. The van der Waals surface area contributed by atoms with Gasteiger partial charge in [-0.05, 0) is 48.5 Å². The van der Waals surface area contributed by atoms with Crippen molar-refractivity contribution in [2.45, 2.75) is 0 Å². The van der Waals surface area contributed by atoms with E-state index in [0.29, 0.717) is 33.8 Å². The first-order valence-electron chi connectivity index (χ1n) is 8.78. The Bertz CT molecular complexity index is 1070. The van der Waals surface area contributed by atoms with E-state index < -0.39 is 0 Å². The van der Waals surface area contributed by atoms with Gasteiger partial charge in [0.15, 0.2) is 0 Å². The summed E-state index contributed by atoms with van der Waals surface area (Å²) in [5.41, 5.74) is 7.67. The molecule has 0 heterocycles. The Labute approximate surface area is 180 Å². The molecule has 2 amide bonds. The molecule has 7 nitrogen and oxygen atoms in total. The van der Waals surface area contributed by atoms with Crippen molar-refractivity contribution >= 4 is 41.4 Å². The highest BCUT2D eigenvalue weighted by molar-refractivity contribution is 6.10. The molecule has 0 radical (unpaired) electrons. The van der Waals surface area contributed by atoms with E-state index >= 15 is 0 Å². The van der Waals surface area contributed by atoms with Crippen LogP contribution >= 0.6 is 12.4 Å². The highest BCUT2D eigenvalue weighted by atomic mass is 35.5. The first-order chi connectivity index (χ1) is 14.0. The number of rotatable bonds is 6. The number of nitrogens with two attached hydrogens (primary N) is 1. The van der Waals surface area contributed by atoms with E-state index in [9.17, 15) is 9.59 Å². The standard InChI is InChI=1S/C22H20N4O3.ClH/c1-29-17-11-9-14(10-12-17)21(27)25-18-7-2-3-8-19(18)26-22(28)16-6-4-5-15(13-16)20(23)24;/h2-13H,1H3,(H3,23,24)(H,25,27)(H,26,28);1H. The van der Waals surface area contributed by atoms with Crippen LogP contribution in [0.4, 0.5) is 11.4 Å². The second-order valence-electron chi connectivity index (χ2n) is 6.18. The van der Waals surface area contributed by atoms with Crippen LogP contribution in [0.2, 0.25) is 0 Å². The molecule has 0 unspecified atom stereocenters. The van der Waals surface area contributed by atoms with Crippen LogP contribution in [0.1, 0.15) is 26.3 Å². The van der Waals surface area contributed by atoms with Crippen molar-refractivity contribution in [2.24, 2.45) is 5.73 Å². The zero-order chi connectivity index (χ0) is 20.8. The average Bonchev–Trinajstić information content (AvgIpc) is 2.75. The van der Waals surface area contributed by atoms with Crippen molar-refractivity contribution in [3.05, 3.63) is 89.5 Å². The van der Waals surface area contributed by atoms with Gasteiger partial charge in [-0.15, -0.1) is 12.4 Å². The van der Waals surface area contributed by atoms with E-state index in [0.717, 1.165) is 0 Å². The molecule has 8 heteroatoms. The maximum atomic E-state index is 12.6. The Morgan fingerprint density at radius 3 is 1.87 bits per heavy atom. The third kappa shape index (κ3) is 5.36. The van der Waals surface area contributed by atoms with Gasteiger partial charge in [-0.2, -0.15) is 0 Å². The Kier molecular flexibility index (Phi) is 7.55. The van der Waals surface area contributed by atoms with Gasteiger partial charge < -0.3 is 21.1 Å². The lowest BCUT2D eigenvalue weighted by atomic mass is 10.1. The largest absolute Gasteiger partial charge is 0.497 e. The van der Waals surface area contributed by atoms with Gasteiger partial charge in [-0.25, -0.2) is 0 Å². The van der Waals surface area contributed by atoms with E-state index in [1.807, 2.05) is 0 Å². The van der Waals surface area contributed by atoms with Gasteiger partial charge in [0.25, 0.3) is 11.8 Å². The third-order valence-electron chi connectivity index (χ3n) is 4.21. The van der Waals surface area contributed by atoms with E-state index in [-0.39, 0.29) is 30.1 Å². The number of carbonyl (C=O) groups excluding carboxylic acids is 2. The summed E-state index contributed by atoms with van der Waals surface area (Å²) < 4.78 is 5.09. The number of hydrogen-bond donors (Lipinski definition) is 4. The van der Waals surface area contributed by atoms with E-state index in [1.54, 1.807) is 73.8 Å². The highest BCUT2D eigenvalue weighted by Crippen LogP contribution is 2.23. The number of methoxy groups -OCH3 is 1. The van der Waals surface area contributed by atoms with Crippen molar-refractivity contribution in [3.63, 3.8) is 0 Å². The molecule has 0 aliphatic carbocycles. The molecule has 0 spiro atoms. The molecule has 0 saturated carbocycles. The molecule has 0 saturated heterocycles. The monoisotopic (exact) mass is 424 g/mol. The molecule has 30 heavy (non-hydrogen) atoms. The molecular formula is C22H21ClN4O3. The number of amidine groups is 1. The molecule has 154 valence electrons. The summed E-state index contributed by atoms with van der Waals surface area (Å²) in [4.78, 5) is 25.2. The molecule has 0 atom stereocenters. The number of carbonyl (C=O) groups is 2. The first kappa shape index (κ1) is 22.4. The SMILES string of the molecule is COc1ccc(C(=O)Nc2ccccc2NC(=O)c2cccc(C(=N)N)c2)cc1.Cl. The number of nitrogens with one attached hydrogen (secondary N) is 3. The fourth-order valence-electron chi connectivity index (χ4n) is 2.66. The minimum Gasteiger partial charge on any atom is -0.497 e. The van der Waals surface area contributed by atoms with E-state index in [1.165, 1.54) is 6.07 Å². The third-order valence-corrected chi connectivity index (χ3v) is 4.21. The quantitative estimate of drug-likeness (QED) is 0.354. The molecule has 0 fully saturated rings. The summed E-state index contributed by atoms with van der Waals surface area (Å²) in [7, 11) is 1.56. The van der Waals surface area contributed by atoms with Crippen molar-refractivity contribution < 1.29 is 14.3 Å². The second-order valence-corrected chi connectivity index (χ2v) is 6.18. The van der Waals surface area contributed by atoms with Crippen LogP contribution < -0.4 is 21.1 Å². The van der Waals surface area contributed by atoms with Gasteiger partial charge >= 0.3 is 0 Å². The van der Waals surface area contributed by atoms with Crippen LogP contribution in [0, 0.1) is 5.41 Å². The fraction of sp³-hybridized carbons (Fsp3) is 0.0455. The van der Waals surface area contributed by atoms with Gasteiger partial charge in [0.1, 0.15) is 11.6 Å². The van der Waals surface area contributed by atoms with Crippen molar-refractivity contribution in [1.29, 1.82) is 5.41 Å². The lowest BCUT2D eigenvalue weighted by Crippen LogP contribution is -2.17. The van der Waals surface area contributed by atoms with Crippen LogP contribution in [-0.4, -0.2) is 24.8 Å². The van der Waals surface area contributed by atoms with E-state index in [2.05, 4.69) is 10.6 Å². The topological polar surface area (TPSA) is 117 Å². The second kappa shape index (κ2) is 10.1. The Hall–Kier alpha value is -3.84. The fourth-order valence-corrected chi connectivity index (χ4v) is 2.66. The molecule has 0 aliphatic rings. The molecule has 5 N–H and O–H groups in total. The molecule has 3 aromatic carbocycles. The normalized spacial score (nSPS) is 9.77. The Morgan fingerprint density at radius 1 is 0.800 bits per heavy atom. The summed E-state index contributed by atoms with van der Waals surface area (Å²) in [6.07, 6.45) is 0. The molecule has 3 rings (SSSR count). The number of hydrogen-bond acceptors (Lipinski definition) is 4. The van der Waals surface area contributed by atoms with E-state index in [4.69, 9.17) is 15.9 Å². The average molecular weight is 425 g/mol. The minimum atomic E-state index is -0.376. The van der Waals surface area contributed by atoms with Gasteiger partial charge in [-0.1, -0.05) is 24.3 Å². The number of benzene rings is 3. The molecule has 0 aliphatic heterocycles. The number of para-hydroxylation sites is 2. The van der Waals surface area contributed by atoms with Crippen molar-refractivity contribution in [2.75, 3.05) is 17.7 Å². The Balaban J connectivity index is 0.00000320. The van der Waals surface area contributed by atoms with Crippen molar-refractivity contribution in [1.82, 2.24) is 0 Å². The summed E-state index contributed by atoms with van der Waals surface area (Å²) in [6.45, 7) is 0. The molecule has 0 aromatic heterocycles. The van der Waals surface area contributed by atoms with Crippen LogP contribution in [0.15, 0.2) is 72.8 Å². The predicted molar refractivity (Wildman–Crippen MR) is 120 cm³/mol. The van der Waals surface area contributed by atoms with Crippen LogP contribution in [0.25, 0.3) is 0 Å². The van der Waals surface area contributed by atoms with Crippen LogP contribution in [0.5, 0.6) is 5.75 Å². The van der Waals surface area contributed by atoms with Crippen molar-refractivity contribution in [3.8, 4) is 5.75 Å². The van der Waals surface area contributed by atoms with Gasteiger partial charge in [0.2, 0.25) is 0 Å². The van der Waals surface area contributed by atoms with Crippen LogP contribution in [-0.2, 0) is 0 Å². The summed E-state index contributed by atoms with van der Waals surface area (Å²) in [6, 6.07) is 20.1. The number of amides is 2. The lowest BCUT2D eigenvalue weighted by Gasteiger charge is -2.13. The number of halogens is 1. The molecule has 3 aromatic rings. The Morgan fingerprint density at radius 2 is 1.33 bits per heavy atom. The summed E-state index contributed by atoms with van der Waals surface area (Å²) >= 11 is 0. The first-order valence-corrected chi connectivity index (χ1v) is 8.78. The summed E-state index contributed by atoms with van der Waals surface area (Å²) in [5, 5.41) is 13.1. The van der Waals surface area contributed by atoms with Gasteiger partial charge in [0.05, 0.1) is 18.5 Å². The zero-order valence-corrected chi connectivity index (χ0v) is 17.0. The zero-order valence-electron chi connectivity index (χ0n) is 16.1. The molecule has 0 bridgehead atoms. The molecular weight excluding hydrogens is 404 g/mol. The maximum Gasteiger partial charge on any atom is 0.255 e. The summed E-state index contributed by atoms with van der Waals surface area (Å²) in [5.74, 6) is -0.152. The maximum absolute atomic E-state index is 12.6. The van der Waals surface area contributed by atoms with Gasteiger partial charge in [0, 0.05) is 16.7 Å².